The summed E-state index contributed by atoms with van der Waals surface area (Å²) in [6, 6.07) is 8.66. The molecule has 1 unspecified atom stereocenters. The van der Waals surface area contributed by atoms with Gasteiger partial charge in [0.15, 0.2) is 11.4 Å². The van der Waals surface area contributed by atoms with Crippen molar-refractivity contribution in [3.05, 3.63) is 69.7 Å². The number of hydrogen-bond donors (Lipinski definition) is 5. The number of phenols is 1. The lowest BCUT2D eigenvalue weighted by Crippen LogP contribution is -2.63. The second kappa shape index (κ2) is 9.74. The zero-order valence-corrected chi connectivity index (χ0v) is 23.7. The summed E-state index contributed by atoms with van der Waals surface area (Å²) in [6.45, 7) is 1.85. The number of ketones is 2. The van der Waals surface area contributed by atoms with Crippen LogP contribution in [-0.2, 0) is 22.4 Å². The van der Waals surface area contributed by atoms with Gasteiger partial charge in [-0.05, 0) is 79.7 Å². The first-order valence-electron chi connectivity index (χ1n) is 13.6. The van der Waals surface area contributed by atoms with E-state index in [2.05, 4.69) is 0 Å². The molecule has 10 heteroatoms. The fourth-order valence-electron chi connectivity index (χ4n) is 6.84. The number of nitrogens with zero attached hydrogens (tertiary/aromatic N) is 2. The number of Topliss-reactive ketones (excluding diaryl/α,β-unsaturated/α-hetero) is 2. The first-order valence-corrected chi connectivity index (χ1v) is 13.6. The number of primary amides is 1. The number of allylic oxidation sites excluding steroid dienone is 1. The lowest BCUT2D eigenvalue weighted by molar-refractivity contribution is -0.148. The molecule has 0 heterocycles. The second-order valence-corrected chi connectivity index (χ2v) is 11.5. The van der Waals surface area contributed by atoms with Crippen LogP contribution in [0, 0.1) is 11.8 Å². The topological polar surface area (TPSA) is 165 Å². The number of hydrogen-bond acceptors (Lipinski definition) is 9. The van der Waals surface area contributed by atoms with Crippen molar-refractivity contribution in [3.63, 3.8) is 0 Å². The Hall–Kier alpha value is -4.15. The SMILES string of the molecule is CCc1cc(-c2ccc(N(C)C)cc2)c2c(c1O)C(=O)C1=C(O)[C@@]3(O)C(=O)C(C(N)=O)=C(O)C(N(C)C)[C@H]3C[C@H]1C2. The number of aryl methyl sites for hydroxylation is 1. The van der Waals surface area contributed by atoms with Crippen LogP contribution in [0.4, 0.5) is 5.69 Å². The highest BCUT2D eigenvalue weighted by atomic mass is 16.3. The number of fused-ring (bicyclic) bond motifs is 3. The summed E-state index contributed by atoms with van der Waals surface area (Å²) in [6.07, 6.45) is 0.711. The Morgan fingerprint density at radius 2 is 1.71 bits per heavy atom. The number of rotatable bonds is 5. The minimum Gasteiger partial charge on any atom is -0.510 e. The standard InChI is InChI=1S/C31H35N3O7/c1-6-14-11-18(15-7-9-17(10-8-15)33(2)3)19-12-16-13-20-24(34(4)5)27(37)23(30(32)40)29(39)31(20,41)28(38)21(16)26(36)22(19)25(14)35/h7-11,16,20,24,35,37-38,41H,6,12-13H2,1-5H3,(H2,32,40)/t16-,20-,24?,31-/m1/s1. The second-order valence-electron chi connectivity index (χ2n) is 11.5. The van der Waals surface area contributed by atoms with E-state index < -0.39 is 58.0 Å². The van der Waals surface area contributed by atoms with E-state index in [1.54, 1.807) is 14.1 Å². The Morgan fingerprint density at radius 1 is 1.07 bits per heavy atom. The van der Waals surface area contributed by atoms with E-state index in [4.69, 9.17) is 5.73 Å². The highest BCUT2D eigenvalue weighted by molar-refractivity contribution is 6.25. The van der Waals surface area contributed by atoms with Crippen LogP contribution in [0.5, 0.6) is 5.75 Å². The molecule has 6 N–H and O–H groups in total. The third kappa shape index (κ3) is 3.96. The van der Waals surface area contributed by atoms with E-state index in [0.717, 1.165) is 16.8 Å². The molecular weight excluding hydrogens is 526 g/mol. The summed E-state index contributed by atoms with van der Waals surface area (Å²) in [7, 11) is 7.08. The molecule has 3 aliphatic rings. The van der Waals surface area contributed by atoms with Gasteiger partial charge in [0.25, 0.3) is 5.91 Å². The quantitative estimate of drug-likeness (QED) is 0.345. The Morgan fingerprint density at radius 3 is 2.24 bits per heavy atom. The molecule has 0 spiro atoms. The molecule has 10 nitrogen and oxygen atoms in total. The smallest absolute Gasteiger partial charge is 0.255 e. The van der Waals surface area contributed by atoms with Crippen molar-refractivity contribution >= 4 is 23.2 Å². The number of phenolic OH excluding ortho intramolecular Hbond substituents is 1. The molecule has 2 aromatic rings. The highest BCUT2D eigenvalue weighted by Crippen LogP contribution is 2.53. The number of aromatic hydroxyl groups is 1. The van der Waals surface area contributed by atoms with Gasteiger partial charge in [-0.15, -0.1) is 0 Å². The highest BCUT2D eigenvalue weighted by Gasteiger charge is 2.63. The Bertz CT molecular complexity index is 1550. The van der Waals surface area contributed by atoms with Gasteiger partial charge in [0.1, 0.15) is 22.8 Å². The number of carbonyl (C=O) groups excluding carboxylic acids is 3. The lowest BCUT2D eigenvalue weighted by Gasteiger charge is -2.50. The van der Waals surface area contributed by atoms with Crippen molar-refractivity contribution < 1.29 is 34.8 Å². The fourth-order valence-corrected chi connectivity index (χ4v) is 6.84. The van der Waals surface area contributed by atoms with Gasteiger partial charge >= 0.3 is 0 Å². The monoisotopic (exact) mass is 561 g/mol. The minimum atomic E-state index is -2.66. The van der Waals surface area contributed by atoms with Crippen LogP contribution < -0.4 is 10.6 Å². The average Bonchev–Trinajstić information content (AvgIpc) is 2.90. The van der Waals surface area contributed by atoms with E-state index in [1.807, 2.05) is 56.3 Å². The van der Waals surface area contributed by atoms with Crippen LogP contribution in [0.3, 0.4) is 0 Å². The average molecular weight is 562 g/mol. The Balaban J connectivity index is 1.73. The predicted octanol–water partition coefficient (Wildman–Crippen LogP) is 2.42. The number of carbonyl (C=O) groups is 3. The van der Waals surface area contributed by atoms with Crippen LogP contribution in [0.2, 0.25) is 0 Å². The number of aliphatic hydroxyl groups excluding tert-OH is 2. The van der Waals surface area contributed by atoms with Crippen molar-refractivity contribution in [1.82, 2.24) is 4.90 Å². The molecule has 0 saturated heterocycles. The zero-order chi connectivity index (χ0) is 30.1. The van der Waals surface area contributed by atoms with Gasteiger partial charge < -0.3 is 31.1 Å². The normalized spacial score (nSPS) is 25.7. The number of nitrogens with two attached hydrogens (primary N) is 1. The molecule has 0 aliphatic heterocycles. The van der Waals surface area contributed by atoms with E-state index in [9.17, 15) is 34.8 Å². The zero-order valence-electron chi connectivity index (χ0n) is 23.7. The molecule has 3 aliphatic carbocycles. The molecule has 0 aromatic heterocycles. The van der Waals surface area contributed by atoms with Gasteiger partial charge in [0, 0.05) is 31.3 Å². The van der Waals surface area contributed by atoms with Crippen LogP contribution in [0.25, 0.3) is 11.1 Å². The van der Waals surface area contributed by atoms with E-state index >= 15 is 0 Å². The summed E-state index contributed by atoms with van der Waals surface area (Å²) >= 11 is 0. The Labute approximate surface area is 238 Å². The van der Waals surface area contributed by atoms with Crippen LogP contribution in [-0.4, -0.2) is 82.6 Å². The fraction of sp³-hybridized carbons (Fsp3) is 0.387. The van der Waals surface area contributed by atoms with E-state index in [-0.39, 0.29) is 29.7 Å². The number of likely N-dealkylation sites (N-methyl/N-ethyl adjacent to an activating group) is 1. The molecule has 41 heavy (non-hydrogen) atoms. The maximum atomic E-state index is 14.1. The predicted molar refractivity (Wildman–Crippen MR) is 153 cm³/mol. The lowest BCUT2D eigenvalue weighted by atomic mass is 9.58. The molecule has 1 amide bonds. The van der Waals surface area contributed by atoms with Crippen molar-refractivity contribution in [2.75, 3.05) is 33.1 Å². The maximum absolute atomic E-state index is 14.1. The van der Waals surface area contributed by atoms with Crippen LogP contribution in [0.1, 0.15) is 34.8 Å². The summed E-state index contributed by atoms with van der Waals surface area (Å²) in [5.41, 5.74) is 5.55. The molecule has 5 rings (SSSR count). The van der Waals surface area contributed by atoms with Crippen LogP contribution in [0.15, 0.2) is 53.0 Å². The van der Waals surface area contributed by atoms with Gasteiger partial charge in [0.2, 0.25) is 5.78 Å². The van der Waals surface area contributed by atoms with Gasteiger partial charge in [-0.1, -0.05) is 19.1 Å². The summed E-state index contributed by atoms with van der Waals surface area (Å²) in [4.78, 5) is 43.3. The van der Waals surface area contributed by atoms with Gasteiger partial charge in [-0.2, -0.15) is 0 Å². The molecule has 2 aromatic carbocycles. The molecule has 0 saturated carbocycles. The Kier molecular flexibility index (Phi) is 6.74. The third-order valence-electron chi connectivity index (χ3n) is 8.88. The van der Waals surface area contributed by atoms with Crippen molar-refractivity contribution in [2.45, 2.75) is 37.8 Å². The van der Waals surface area contributed by atoms with Crippen molar-refractivity contribution in [2.24, 2.45) is 17.6 Å². The molecular formula is C31H35N3O7. The summed E-state index contributed by atoms with van der Waals surface area (Å²) < 4.78 is 0. The molecule has 0 radical (unpaired) electrons. The van der Waals surface area contributed by atoms with E-state index in [0.29, 0.717) is 17.5 Å². The number of benzene rings is 2. The summed E-state index contributed by atoms with van der Waals surface area (Å²) in [5.74, 6) is -6.54. The molecule has 4 atom stereocenters. The third-order valence-corrected chi connectivity index (χ3v) is 8.88. The first kappa shape index (κ1) is 28.4. The number of amides is 1. The summed E-state index contributed by atoms with van der Waals surface area (Å²) in [5, 5.41) is 45.5. The molecule has 216 valence electrons. The van der Waals surface area contributed by atoms with Crippen molar-refractivity contribution in [1.29, 1.82) is 0 Å². The largest absolute Gasteiger partial charge is 0.510 e. The van der Waals surface area contributed by atoms with E-state index in [1.165, 1.54) is 4.90 Å². The molecule has 0 fully saturated rings. The maximum Gasteiger partial charge on any atom is 0.255 e. The van der Waals surface area contributed by atoms with Crippen molar-refractivity contribution in [3.8, 4) is 16.9 Å². The first-order chi connectivity index (χ1) is 19.2. The van der Waals surface area contributed by atoms with Gasteiger partial charge in [-0.3, -0.25) is 19.3 Å². The molecule has 0 bridgehead atoms. The number of anilines is 1. The van der Waals surface area contributed by atoms with Gasteiger partial charge in [-0.25, -0.2) is 0 Å². The van der Waals surface area contributed by atoms with Gasteiger partial charge in [0.05, 0.1) is 11.6 Å². The number of aliphatic hydroxyl groups is 3. The van der Waals surface area contributed by atoms with Crippen LogP contribution >= 0.6 is 0 Å². The minimum absolute atomic E-state index is 0.0248.